The number of carbonyl (C=O) groups is 2. The molecule has 0 aliphatic carbocycles. The van der Waals surface area contributed by atoms with Crippen LogP contribution < -0.4 is 24.8 Å². The number of benzene rings is 2. The maximum absolute atomic E-state index is 12.4. The number of nitrogens with zero attached hydrogens (tertiary/aromatic N) is 1. The van der Waals surface area contributed by atoms with Crippen LogP contribution in [0, 0.1) is 0 Å². The molecule has 9 heteroatoms. The van der Waals surface area contributed by atoms with Crippen molar-refractivity contribution in [3.05, 3.63) is 78.1 Å². The number of methoxy groups -OCH3 is 2. The minimum absolute atomic E-state index is 0.0546. The Morgan fingerprint density at radius 1 is 1.00 bits per heavy atom. The summed E-state index contributed by atoms with van der Waals surface area (Å²) in [5.41, 5.74) is 1.94. The van der Waals surface area contributed by atoms with Gasteiger partial charge in [-0.3, -0.25) is 9.78 Å². The van der Waals surface area contributed by atoms with Crippen LogP contribution in [-0.2, 0) is 6.54 Å². The van der Waals surface area contributed by atoms with Gasteiger partial charge >= 0.3 is 6.03 Å². The molecule has 182 valence electrons. The molecule has 0 atom stereocenters. The van der Waals surface area contributed by atoms with Crippen LogP contribution in [0.2, 0.25) is 0 Å². The average Bonchev–Trinajstić information content (AvgIpc) is 2.87. The summed E-state index contributed by atoms with van der Waals surface area (Å²) < 4.78 is 16.4. The minimum Gasteiger partial charge on any atom is -0.508 e. The molecule has 1 heterocycles. The van der Waals surface area contributed by atoms with E-state index in [-0.39, 0.29) is 18.1 Å². The third kappa shape index (κ3) is 6.50. The molecule has 3 aromatic rings. The largest absolute Gasteiger partial charge is 0.508 e. The van der Waals surface area contributed by atoms with Crippen molar-refractivity contribution in [3.8, 4) is 23.0 Å². The number of hydrogen-bond acceptors (Lipinski definition) is 7. The highest BCUT2D eigenvalue weighted by Crippen LogP contribution is 2.35. The van der Waals surface area contributed by atoms with Gasteiger partial charge < -0.3 is 30.0 Å². The molecule has 1 aromatic heterocycles. The summed E-state index contributed by atoms with van der Waals surface area (Å²) in [6.07, 6.45) is 1.91. The lowest BCUT2D eigenvalue weighted by molar-refractivity contribution is 0.0983. The van der Waals surface area contributed by atoms with Crippen LogP contribution in [0.4, 0.5) is 10.5 Å². The predicted octanol–water partition coefficient (Wildman–Crippen LogP) is 5.33. The third-order valence-electron chi connectivity index (χ3n) is 5.03. The SMILES string of the molecule is C=C(O)c1cc(OC)c(NC(=O)NCc2ccc(Oc3ccnc(C(=O)CC)c3)cc2)cc1OC. The number of aliphatic hydroxyl groups is 1. The van der Waals surface area contributed by atoms with Gasteiger partial charge in [-0.05, 0) is 29.8 Å². The van der Waals surface area contributed by atoms with E-state index in [1.807, 2.05) is 12.1 Å². The summed E-state index contributed by atoms with van der Waals surface area (Å²) in [6.45, 7) is 5.55. The molecule has 35 heavy (non-hydrogen) atoms. The standard InChI is InChI=1S/C26H27N3O6/c1-5-23(31)21-12-19(10-11-27-21)35-18-8-6-17(7-9-18)15-28-26(32)29-22-14-24(33-3)20(16(2)30)13-25(22)34-4/h6-14,30H,2,5,15H2,1,3-4H3,(H2,28,29,32). The van der Waals surface area contributed by atoms with Crippen LogP contribution in [0.25, 0.3) is 5.76 Å². The second-order valence-electron chi connectivity index (χ2n) is 7.41. The fourth-order valence-corrected chi connectivity index (χ4v) is 3.19. The van der Waals surface area contributed by atoms with Crippen LogP contribution in [0.5, 0.6) is 23.0 Å². The van der Waals surface area contributed by atoms with Gasteiger partial charge in [-0.15, -0.1) is 0 Å². The maximum atomic E-state index is 12.4. The number of urea groups is 1. The third-order valence-corrected chi connectivity index (χ3v) is 5.03. The summed E-state index contributed by atoms with van der Waals surface area (Å²) in [5.74, 6) is 1.55. The summed E-state index contributed by atoms with van der Waals surface area (Å²) >= 11 is 0. The van der Waals surface area contributed by atoms with Crippen molar-refractivity contribution in [3.63, 3.8) is 0 Å². The molecule has 3 N–H and O–H groups in total. The smallest absolute Gasteiger partial charge is 0.319 e. The highest BCUT2D eigenvalue weighted by atomic mass is 16.5. The van der Waals surface area contributed by atoms with Crippen LogP contribution in [-0.4, -0.2) is 36.1 Å². The Balaban J connectivity index is 1.60. The van der Waals surface area contributed by atoms with E-state index >= 15 is 0 Å². The highest BCUT2D eigenvalue weighted by molar-refractivity contribution is 5.94. The van der Waals surface area contributed by atoms with Gasteiger partial charge in [-0.2, -0.15) is 0 Å². The van der Waals surface area contributed by atoms with Gasteiger partial charge in [-0.1, -0.05) is 25.6 Å². The molecule has 0 spiro atoms. The van der Waals surface area contributed by atoms with Crippen molar-refractivity contribution < 1.29 is 28.9 Å². The molecule has 0 aliphatic rings. The predicted molar refractivity (Wildman–Crippen MR) is 132 cm³/mol. The van der Waals surface area contributed by atoms with Crippen molar-refractivity contribution in [2.24, 2.45) is 0 Å². The molecule has 0 aliphatic heterocycles. The van der Waals surface area contributed by atoms with E-state index in [0.29, 0.717) is 46.4 Å². The number of aliphatic hydroxyl groups excluding tert-OH is 1. The molecule has 0 saturated heterocycles. The molecule has 2 amide bonds. The van der Waals surface area contributed by atoms with Gasteiger partial charge in [0.15, 0.2) is 5.78 Å². The second kappa shape index (κ2) is 11.6. The van der Waals surface area contributed by atoms with E-state index in [1.165, 1.54) is 26.5 Å². The van der Waals surface area contributed by atoms with E-state index in [0.717, 1.165) is 5.56 Å². The Morgan fingerprint density at radius 3 is 2.34 bits per heavy atom. The number of pyridine rings is 1. The Kier molecular flexibility index (Phi) is 8.29. The number of rotatable bonds is 10. The van der Waals surface area contributed by atoms with Crippen LogP contribution >= 0.6 is 0 Å². The molecular weight excluding hydrogens is 450 g/mol. The lowest BCUT2D eigenvalue weighted by Gasteiger charge is -2.15. The normalized spacial score (nSPS) is 10.3. The topological polar surface area (TPSA) is 119 Å². The number of ketones is 1. The van der Waals surface area contributed by atoms with Crippen molar-refractivity contribution in [2.75, 3.05) is 19.5 Å². The summed E-state index contributed by atoms with van der Waals surface area (Å²) in [5, 5.41) is 15.2. The zero-order valence-corrected chi connectivity index (χ0v) is 19.8. The molecule has 0 bridgehead atoms. The van der Waals surface area contributed by atoms with Crippen molar-refractivity contribution in [1.82, 2.24) is 10.3 Å². The molecule has 0 saturated carbocycles. The van der Waals surface area contributed by atoms with E-state index in [9.17, 15) is 14.7 Å². The molecule has 3 rings (SSSR count). The van der Waals surface area contributed by atoms with Crippen LogP contribution in [0.1, 0.15) is 35.0 Å². The fraction of sp³-hybridized carbons (Fsp3) is 0.192. The van der Waals surface area contributed by atoms with E-state index in [1.54, 1.807) is 37.3 Å². The van der Waals surface area contributed by atoms with Crippen LogP contribution in [0.3, 0.4) is 0 Å². The highest BCUT2D eigenvalue weighted by Gasteiger charge is 2.15. The molecule has 2 aromatic carbocycles. The van der Waals surface area contributed by atoms with Gasteiger partial charge in [0.25, 0.3) is 0 Å². The van der Waals surface area contributed by atoms with E-state index < -0.39 is 6.03 Å². The van der Waals surface area contributed by atoms with Gasteiger partial charge in [0.05, 0.1) is 25.5 Å². The Morgan fingerprint density at radius 2 is 1.71 bits per heavy atom. The Hall–Kier alpha value is -4.53. The number of anilines is 1. The first-order valence-electron chi connectivity index (χ1n) is 10.8. The summed E-state index contributed by atoms with van der Waals surface area (Å²) in [4.78, 5) is 28.3. The first-order valence-corrected chi connectivity index (χ1v) is 10.8. The average molecular weight is 478 g/mol. The zero-order chi connectivity index (χ0) is 25.4. The maximum Gasteiger partial charge on any atom is 0.319 e. The molecule has 0 radical (unpaired) electrons. The number of ether oxygens (including phenoxy) is 3. The van der Waals surface area contributed by atoms with Crippen molar-refractivity contribution in [1.29, 1.82) is 0 Å². The molecule has 0 fully saturated rings. The first kappa shape index (κ1) is 25.1. The number of aromatic nitrogens is 1. The first-order chi connectivity index (χ1) is 16.8. The van der Waals surface area contributed by atoms with Gasteiger partial charge in [0.1, 0.15) is 34.5 Å². The van der Waals surface area contributed by atoms with Crippen molar-refractivity contribution >= 4 is 23.3 Å². The monoisotopic (exact) mass is 477 g/mol. The van der Waals surface area contributed by atoms with Gasteiger partial charge in [0.2, 0.25) is 0 Å². The fourth-order valence-electron chi connectivity index (χ4n) is 3.19. The number of carbonyl (C=O) groups excluding carboxylic acids is 2. The zero-order valence-electron chi connectivity index (χ0n) is 19.8. The lowest BCUT2D eigenvalue weighted by Crippen LogP contribution is -2.28. The van der Waals surface area contributed by atoms with Gasteiger partial charge in [0, 0.05) is 31.3 Å². The Bertz CT molecular complexity index is 1220. The molecular formula is C26H27N3O6. The number of Topliss-reactive ketones (excluding diaryl/α,β-unsaturated/α-hetero) is 1. The molecule has 0 unspecified atom stereocenters. The lowest BCUT2D eigenvalue weighted by atomic mass is 10.1. The second-order valence-corrected chi connectivity index (χ2v) is 7.41. The van der Waals surface area contributed by atoms with E-state index in [4.69, 9.17) is 14.2 Å². The number of nitrogens with one attached hydrogen (secondary N) is 2. The van der Waals surface area contributed by atoms with Crippen molar-refractivity contribution in [2.45, 2.75) is 19.9 Å². The quantitative estimate of drug-likeness (QED) is 0.267. The number of amides is 2. The minimum atomic E-state index is -0.453. The summed E-state index contributed by atoms with van der Waals surface area (Å²) in [7, 11) is 2.90. The number of hydrogen-bond donors (Lipinski definition) is 3. The van der Waals surface area contributed by atoms with Crippen LogP contribution in [0.15, 0.2) is 61.3 Å². The summed E-state index contributed by atoms with van der Waals surface area (Å²) in [6, 6.07) is 13.1. The Labute approximate surface area is 203 Å². The molecule has 9 nitrogen and oxygen atoms in total. The van der Waals surface area contributed by atoms with Gasteiger partial charge in [-0.25, -0.2) is 4.79 Å². The van der Waals surface area contributed by atoms with E-state index in [2.05, 4.69) is 22.2 Å².